The summed E-state index contributed by atoms with van der Waals surface area (Å²) in [5.74, 6) is 0.690. The van der Waals surface area contributed by atoms with E-state index in [9.17, 15) is 4.21 Å². The van der Waals surface area contributed by atoms with Gasteiger partial charge in [-0.15, -0.1) is 11.3 Å². The molecule has 0 aliphatic heterocycles. The lowest BCUT2D eigenvalue weighted by Gasteiger charge is -2.17. The third kappa shape index (κ3) is 3.86. The minimum absolute atomic E-state index is 0.244. The van der Waals surface area contributed by atoms with Crippen molar-refractivity contribution < 1.29 is 4.21 Å². The molecule has 14 heavy (non-hydrogen) atoms. The van der Waals surface area contributed by atoms with Crippen molar-refractivity contribution in [2.45, 2.75) is 25.9 Å². The van der Waals surface area contributed by atoms with Gasteiger partial charge in [-0.3, -0.25) is 4.21 Å². The van der Waals surface area contributed by atoms with Gasteiger partial charge in [-0.1, -0.05) is 0 Å². The second kappa shape index (κ2) is 5.58. The van der Waals surface area contributed by atoms with E-state index < -0.39 is 10.8 Å². The Bertz CT molecular complexity index is 287. The quantitative estimate of drug-likeness (QED) is 0.837. The van der Waals surface area contributed by atoms with Gasteiger partial charge in [0.05, 0.1) is 6.04 Å². The van der Waals surface area contributed by atoms with E-state index in [1.807, 2.05) is 12.3 Å². The van der Waals surface area contributed by atoms with Gasteiger partial charge in [0.1, 0.15) is 5.01 Å². The molecule has 80 valence electrons. The molecular formula is C9H16N2OS2. The second-order valence-electron chi connectivity index (χ2n) is 3.40. The first-order valence-corrected chi connectivity index (χ1v) is 7.15. The van der Waals surface area contributed by atoms with Crippen molar-refractivity contribution in [1.29, 1.82) is 0 Å². The molecule has 0 amide bonds. The number of rotatable bonds is 5. The second-order valence-corrected chi connectivity index (χ2v) is 5.81. The molecule has 3 atom stereocenters. The summed E-state index contributed by atoms with van der Waals surface area (Å²) in [5, 5.41) is 6.42. The number of nitrogens with zero attached hydrogens (tertiary/aromatic N) is 1. The molecule has 0 aliphatic carbocycles. The van der Waals surface area contributed by atoms with Crippen molar-refractivity contribution in [3.05, 3.63) is 16.6 Å². The van der Waals surface area contributed by atoms with Gasteiger partial charge < -0.3 is 5.32 Å². The highest BCUT2D eigenvalue weighted by molar-refractivity contribution is 7.84. The smallest absolute Gasteiger partial charge is 0.109 e. The Morgan fingerprint density at radius 2 is 2.36 bits per heavy atom. The van der Waals surface area contributed by atoms with Gasteiger partial charge >= 0.3 is 0 Å². The molecule has 0 bridgehead atoms. The first-order chi connectivity index (χ1) is 6.59. The number of hydrogen-bond donors (Lipinski definition) is 1. The van der Waals surface area contributed by atoms with Crippen LogP contribution >= 0.6 is 11.3 Å². The van der Waals surface area contributed by atoms with Crippen LogP contribution in [0.25, 0.3) is 0 Å². The lowest BCUT2D eigenvalue weighted by atomic mass is 10.3. The standard InChI is InChI=1S/C9H16N2OS2/c1-7(6-14(3)12)11-8(2)9-10-4-5-13-9/h4-5,7-8,11H,6H2,1-3H3. The zero-order valence-electron chi connectivity index (χ0n) is 8.69. The highest BCUT2D eigenvalue weighted by Crippen LogP contribution is 2.15. The number of hydrogen-bond acceptors (Lipinski definition) is 4. The Morgan fingerprint density at radius 1 is 1.64 bits per heavy atom. The topological polar surface area (TPSA) is 42.0 Å². The molecule has 0 saturated carbocycles. The Labute approximate surface area is 91.4 Å². The number of aromatic nitrogens is 1. The normalized spacial score (nSPS) is 17.6. The van der Waals surface area contributed by atoms with Crippen LogP contribution in [0.4, 0.5) is 0 Å². The van der Waals surface area contributed by atoms with E-state index >= 15 is 0 Å². The van der Waals surface area contributed by atoms with Gasteiger partial charge in [0.15, 0.2) is 0 Å². The lowest BCUT2D eigenvalue weighted by molar-refractivity contribution is 0.506. The molecule has 1 rings (SSSR count). The third-order valence-corrected chi connectivity index (χ3v) is 3.77. The van der Waals surface area contributed by atoms with Gasteiger partial charge in [0, 0.05) is 40.4 Å². The number of thiazole rings is 1. The molecule has 5 heteroatoms. The summed E-state index contributed by atoms with van der Waals surface area (Å²) in [4.78, 5) is 4.23. The van der Waals surface area contributed by atoms with Crippen LogP contribution in [0.5, 0.6) is 0 Å². The maximum absolute atomic E-state index is 11.0. The average molecular weight is 232 g/mol. The van der Waals surface area contributed by atoms with Crippen molar-refractivity contribution in [1.82, 2.24) is 10.3 Å². The molecule has 1 heterocycles. The van der Waals surface area contributed by atoms with E-state index in [2.05, 4.69) is 17.2 Å². The van der Waals surface area contributed by atoms with Crippen LogP contribution in [0.15, 0.2) is 11.6 Å². The molecular weight excluding hydrogens is 216 g/mol. The fourth-order valence-electron chi connectivity index (χ4n) is 1.35. The van der Waals surface area contributed by atoms with E-state index in [1.54, 1.807) is 23.8 Å². The fourth-order valence-corrected chi connectivity index (χ4v) is 2.80. The maximum Gasteiger partial charge on any atom is 0.109 e. The summed E-state index contributed by atoms with van der Waals surface area (Å²) in [6.45, 7) is 4.12. The highest BCUT2D eigenvalue weighted by atomic mass is 32.2. The Morgan fingerprint density at radius 3 is 2.86 bits per heavy atom. The minimum atomic E-state index is -0.738. The maximum atomic E-state index is 11.0. The van der Waals surface area contributed by atoms with Crippen LogP contribution in [-0.4, -0.2) is 27.2 Å². The van der Waals surface area contributed by atoms with Crippen LogP contribution in [-0.2, 0) is 10.8 Å². The van der Waals surface area contributed by atoms with Gasteiger partial charge in [-0.25, -0.2) is 4.98 Å². The highest BCUT2D eigenvalue weighted by Gasteiger charge is 2.11. The summed E-state index contributed by atoms with van der Waals surface area (Å²) < 4.78 is 11.0. The molecule has 0 aromatic carbocycles. The summed E-state index contributed by atoms with van der Waals surface area (Å²) in [5.41, 5.74) is 0. The van der Waals surface area contributed by atoms with Crippen LogP contribution in [0.2, 0.25) is 0 Å². The first-order valence-electron chi connectivity index (χ1n) is 4.55. The van der Waals surface area contributed by atoms with Crippen molar-refractivity contribution in [3.63, 3.8) is 0 Å². The summed E-state index contributed by atoms with van der Waals surface area (Å²) in [6, 6.07) is 0.508. The number of nitrogens with one attached hydrogen (secondary N) is 1. The van der Waals surface area contributed by atoms with Crippen LogP contribution in [0.3, 0.4) is 0 Å². The van der Waals surface area contributed by atoms with Crippen LogP contribution in [0.1, 0.15) is 24.9 Å². The van der Waals surface area contributed by atoms with E-state index in [0.717, 1.165) is 5.01 Å². The fraction of sp³-hybridized carbons (Fsp3) is 0.667. The zero-order valence-corrected chi connectivity index (χ0v) is 10.3. The first kappa shape index (κ1) is 11.8. The predicted octanol–water partition coefficient (Wildman–Crippen LogP) is 1.56. The molecule has 0 saturated heterocycles. The monoisotopic (exact) mass is 232 g/mol. The largest absolute Gasteiger partial charge is 0.305 e. The molecule has 1 N–H and O–H groups in total. The van der Waals surface area contributed by atoms with Gasteiger partial charge in [-0.05, 0) is 13.8 Å². The minimum Gasteiger partial charge on any atom is -0.305 e. The molecule has 1 aromatic heterocycles. The SMILES string of the molecule is CC(CS(C)=O)NC(C)c1nccs1. The van der Waals surface area contributed by atoms with Crippen molar-refractivity contribution in [2.24, 2.45) is 0 Å². The lowest BCUT2D eigenvalue weighted by Crippen LogP contribution is -2.33. The Balaban J connectivity index is 2.41. The summed E-state index contributed by atoms with van der Waals surface area (Å²) in [7, 11) is -0.738. The third-order valence-electron chi connectivity index (χ3n) is 1.84. The van der Waals surface area contributed by atoms with Crippen molar-refractivity contribution >= 4 is 22.1 Å². The Kier molecular flexibility index (Phi) is 4.71. The molecule has 3 unspecified atom stereocenters. The van der Waals surface area contributed by atoms with Crippen molar-refractivity contribution in [2.75, 3.05) is 12.0 Å². The van der Waals surface area contributed by atoms with Crippen LogP contribution in [0, 0.1) is 0 Å². The van der Waals surface area contributed by atoms with E-state index in [1.165, 1.54) is 0 Å². The Hall–Kier alpha value is -0.260. The van der Waals surface area contributed by atoms with Crippen LogP contribution < -0.4 is 5.32 Å². The van der Waals surface area contributed by atoms with E-state index in [-0.39, 0.29) is 12.1 Å². The van der Waals surface area contributed by atoms with Crippen molar-refractivity contribution in [3.8, 4) is 0 Å². The van der Waals surface area contributed by atoms with Gasteiger partial charge in [0.25, 0.3) is 0 Å². The molecule has 1 aromatic rings. The predicted molar refractivity (Wildman–Crippen MR) is 62.1 cm³/mol. The summed E-state index contributed by atoms with van der Waals surface area (Å²) in [6.07, 6.45) is 3.53. The molecule has 0 aliphatic rings. The molecule has 0 radical (unpaired) electrons. The van der Waals surface area contributed by atoms with E-state index in [0.29, 0.717) is 5.75 Å². The van der Waals surface area contributed by atoms with Gasteiger partial charge in [-0.2, -0.15) is 0 Å². The molecule has 3 nitrogen and oxygen atoms in total. The van der Waals surface area contributed by atoms with Gasteiger partial charge in [0.2, 0.25) is 0 Å². The molecule has 0 spiro atoms. The average Bonchev–Trinajstić information content (AvgIpc) is 2.53. The summed E-state index contributed by atoms with van der Waals surface area (Å²) >= 11 is 1.64. The molecule has 0 fully saturated rings. The zero-order chi connectivity index (χ0) is 10.6. The van der Waals surface area contributed by atoms with E-state index in [4.69, 9.17) is 0 Å².